The Bertz CT molecular complexity index is 1380. The number of allylic oxidation sites excluding steroid dienone is 2. The monoisotopic (exact) mass is 1130 g/mol. The lowest BCUT2D eigenvalue weighted by Gasteiger charge is -2.46. The number of carbonyl (C=O) groups is 1. The van der Waals surface area contributed by atoms with Crippen LogP contribution in [0.25, 0.3) is 0 Å². The molecule has 2 aliphatic rings. The summed E-state index contributed by atoms with van der Waals surface area (Å²) in [5.74, 6) is -0.211. The van der Waals surface area contributed by atoms with Crippen molar-refractivity contribution in [2.45, 2.75) is 376 Å². The summed E-state index contributed by atoms with van der Waals surface area (Å²) in [7, 11) is 0. The van der Waals surface area contributed by atoms with E-state index in [0.29, 0.717) is 19.3 Å². The number of carbonyl (C=O) groups excluding carboxylic acids is 1. The van der Waals surface area contributed by atoms with Crippen LogP contribution in [0.4, 0.5) is 0 Å². The van der Waals surface area contributed by atoms with E-state index in [1.807, 2.05) is 0 Å². The van der Waals surface area contributed by atoms with Gasteiger partial charge in [0.05, 0.1) is 32.0 Å². The van der Waals surface area contributed by atoms with Crippen LogP contribution < -0.4 is 5.32 Å². The van der Waals surface area contributed by atoms with Gasteiger partial charge in [0.15, 0.2) is 12.6 Å². The number of aliphatic hydroxyl groups excluding tert-OH is 8. The van der Waals surface area contributed by atoms with Gasteiger partial charge in [-0.2, -0.15) is 0 Å². The molecule has 2 aliphatic heterocycles. The van der Waals surface area contributed by atoms with Crippen LogP contribution in [-0.2, 0) is 23.7 Å². The number of aliphatic hydroxyl groups is 8. The molecule has 0 aromatic carbocycles. The molecule has 14 heteroatoms. The number of hydrogen-bond acceptors (Lipinski definition) is 13. The van der Waals surface area contributed by atoms with Crippen molar-refractivity contribution < 1.29 is 64.6 Å². The largest absolute Gasteiger partial charge is 0.394 e. The minimum Gasteiger partial charge on any atom is -0.394 e. The minimum atomic E-state index is -1.78. The van der Waals surface area contributed by atoms with E-state index in [9.17, 15) is 45.6 Å². The first-order valence-corrected chi connectivity index (χ1v) is 33.4. The first kappa shape index (κ1) is 73.8. The molecule has 12 unspecified atom stereocenters. The molecule has 0 aromatic rings. The predicted molar refractivity (Wildman–Crippen MR) is 319 cm³/mol. The van der Waals surface area contributed by atoms with Crippen LogP contribution in [-0.4, -0.2) is 140 Å². The molecule has 2 heterocycles. The molecule has 468 valence electrons. The molecule has 0 saturated carbocycles. The van der Waals surface area contributed by atoms with E-state index in [-0.39, 0.29) is 12.5 Å². The molecule has 1 amide bonds. The summed E-state index contributed by atoms with van der Waals surface area (Å²) in [6.07, 6.45) is 43.8. The molecule has 0 aliphatic carbocycles. The third-order valence-electron chi connectivity index (χ3n) is 16.7. The van der Waals surface area contributed by atoms with Gasteiger partial charge in [0, 0.05) is 6.42 Å². The van der Waals surface area contributed by atoms with Crippen LogP contribution in [0.15, 0.2) is 12.2 Å². The molecule has 0 bridgehead atoms. The molecule has 79 heavy (non-hydrogen) atoms. The van der Waals surface area contributed by atoms with Gasteiger partial charge >= 0.3 is 0 Å². The molecule has 2 rings (SSSR count). The summed E-state index contributed by atoms with van der Waals surface area (Å²) in [4.78, 5) is 13.3. The van der Waals surface area contributed by atoms with E-state index in [2.05, 4.69) is 31.3 Å². The van der Waals surface area contributed by atoms with E-state index in [4.69, 9.17) is 18.9 Å². The van der Waals surface area contributed by atoms with Gasteiger partial charge in [-0.25, -0.2) is 0 Å². The zero-order valence-corrected chi connectivity index (χ0v) is 50.6. The van der Waals surface area contributed by atoms with E-state index in [0.717, 1.165) is 64.2 Å². The Hall–Kier alpha value is -1.27. The van der Waals surface area contributed by atoms with Gasteiger partial charge in [0.2, 0.25) is 5.91 Å². The third kappa shape index (κ3) is 36.2. The summed E-state index contributed by atoms with van der Waals surface area (Å²) in [5.41, 5.74) is 0. The van der Waals surface area contributed by atoms with Gasteiger partial charge < -0.3 is 65.1 Å². The van der Waals surface area contributed by atoms with Crippen LogP contribution in [0, 0.1) is 0 Å². The van der Waals surface area contributed by atoms with E-state index >= 15 is 0 Å². The van der Waals surface area contributed by atoms with E-state index in [1.165, 1.54) is 205 Å². The number of unbranched alkanes of at least 4 members (excludes halogenated alkanes) is 40. The highest BCUT2D eigenvalue weighted by Crippen LogP contribution is 2.30. The second kappa shape index (κ2) is 51.2. The fraction of sp³-hybridized carbons (Fsp3) is 0.954. The minimum absolute atomic E-state index is 0.211. The van der Waals surface area contributed by atoms with Crippen LogP contribution >= 0.6 is 0 Å². The number of nitrogens with one attached hydrogen (secondary N) is 1. The first-order valence-electron chi connectivity index (χ1n) is 33.4. The SMILES string of the molecule is CCCCCCCC/C=C\CCCCCCCC(=O)NC(COC1OC(CO)C(OC2OC(CO)C(O)C(O)C2O)C(O)C1O)C(O)CCCCCCCCCCCCCCCCCCCCCCCCCCCCCCCC. The Morgan fingerprint density at radius 2 is 0.797 bits per heavy atom. The molecule has 0 spiro atoms. The summed E-state index contributed by atoms with van der Waals surface area (Å²) >= 11 is 0. The smallest absolute Gasteiger partial charge is 0.220 e. The second-order valence-electron chi connectivity index (χ2n) is 24.0. The Morgan fingerprint density at radius 3 is 1.20 bits per heavy atom. The van der Waals surface area contributed by atoms with Gasteiger partial charge in [0.25, 0.3) is 0 Å². The van der Waals surface area contributed by atoms with Crippen LogP contribution in [0.1, 0.15) is 303 Å². The van der Waals surface area contributed by atoms with Crippen molar-refractivity contribution in [3.05, 3.63) is 12.2 Å². The van der Waals surface area contributed by atoms with Crippen molar-refractivity contribution in [1.29, 1.82) is 0 Å². The standard InChI is InChI=1S/C65H125NO13/c1-3-5-7-9-11-13-15-17-19-20-21-22-23-24-25-26-27-28-29-30-31-32-33-35-36-38-40-42-44-46-48-54(69)53(66-57(70)49-47-45-43-41-39-37-34-18-16-14-12-10-8-6-4-2)52-76-64-62(75)60(73)63(56(51-68)78-64)79-65-61(74)59(72)58(71)55(50-67)77-65/h18,34,53-56,58-65,67-69,71-75H,3-17,19-33,35-52H2,1-2H3,(H,66,70)/b34-18-. The lowest BCUT2D eigenvalue weighted by Crippen LogP contribution is -2.65. The average molecular weight is 1130 g/mol. The van der Waals surface area contributed by atoms with Crippen LogP contribution in [0.5, 0.6) is 0 Å². The fourth-order valence-corrected chi connectivity index (χ4v) is 11.4. The van der Waals surface area contributed by atoms with Gasteiger partial charge in [-0.15, -0.1) is 0 Å². The lowest BCUT2D eigenvalue weighted by molar-refractivity contribution is -0.359. The van der Waals surface area contributed by atoms with E-state index < -0.39 is 86.8 Å². The Morgan fingerprint density at radius 1 is 0.443 bits per heavy atom. The summed E-state index contributed by atoms with van der Waals surface area (Å²) in [5, 5.41) is 87.4. The Kier molecular flexibility index (Phi) is 47.8. The van der Waals surface area contributed by atoms with Gasteiger partial charge in [-0.1, -0.05) is 270 Å². The molecule has 2 fully saturated rings. The van der Waals surface area contributed by atoms with Gasteiger partial charge in [0.1, 0.15) is 48.8 Å². The van der Waals surface area contributed by atoms with Crippen molar-refractivity contribution >= 4 is 5.91 Å². The number of hydrogen-bond donors (Lipinski definition) is 9. The maximum Gasteiger partial charge on any atom is 0.220 e. The highest BCUT2D eigenvalue weighted by Gasteiger charge is 2.51. The number of amides is 1. The maximum absolute atomic E-state index is 13.3. The molecule has 2 saturated heterocycles. The molecule has 14 nitrogen and oxygen atoms in total. The average Bonchev–Trinajstić information content (AvgIpc) is 3.47. The quantitative estimate of drug-likeness (QED) is 0.0204. The number of ether oxygens (including phenoxy) is 4. The molecular weight excluding hydrogens is 1000 g/mol. The lowest BCUT2D eigenvalue weighted by atomic mass is 9.97. The molecular formula is C65H125NO13. The van der Waals surface area contributed by atoms with Crippen molar-refractivity contribution in [1.82, 2.24) is 5.32 Å². The Balaban J connectivity index is 1.65. The highest BCUT2D eigenvalue weighted by atomic mass is 16.7. The van der Waals surface area contributed by atoms with Crippen molar-refractivity contribution in [3.8, 4) is 0 Å². The molecule has 12 atom stereocenters. The second-order valence-corrected chi connectivity index (χ2v) is 24.0. The van der Waals surface area contributed by atoms with Gasteiger partial charge in [-0.3, -0.25) is 4.79 Å². The normalized spacial score (nSPS) is 24.4. The third-order valence-corrected chi connectivity index (χ3v) is 16.7. The Labute approximate surface area is 482 Å². The summed E-state index contributed by atoms with van der Waals surface area (Å²) in [6, 6.07) is -0.831. The summed E-state index contributed by atoms with van der Waals surface area (Å²) < 4.78 is 22.9. The van der Waals surface area contributed by atoms with Gasteiger partial charge in [-0.05, 0) is 38.5 Å². The molecule has 0 aromatic heterocycles. The van der Waals surface area contributed by atoms with Crippen LogP contribution in [0.2, 0.25) is 0 Å². The molecule has 0 radical (unpaired) electrons. The van der Waals surface area contributed by atoms with Crippen LogP contribution in [0.3, 0.4) is 0 Å². The van der Waals surface area contributed by atoms with Crippen molar-refractivity contribution in [2.75, 3.05) is 19.8 Å². The zero-order valence-electron chi connectivity index (χ0n) is 50.6. The fourth-order valence-electron chi connectivity index (χ4n) is 11.4. The van der Waals surface area contributed by atoms with Crippen molar-refractivity contribution in [2.24, 2.45) is 0 Å². The van der Waals surface area contributed by atoms with Crippen molar-refractivity contribution in [3.63, 3.8) is 0 Å². The van der Waals surface area contributed by atoms with E-state index in [1.54, 1.807) is 0 Å². The zero-order chi connectivity index (χ0) is 57.4. The molecule has 9 N–H and O–H groups in total. The maximum atomic E-state index is 13.3. The highest BCUT2D eigenvalue weighted by molar-refractivity contribution is 5.76. The number of rotatable bonds is 55. The predicted octanol–water partition coefficient (Wildman–Crippen LogP) is 12.6. The first-order chi connectivity index (χ1) is 38.6. The topological polar surface area (TPSA) is 228 Å². The summed E-state index contributed by atoms with van der Waals surface area (Å²) in [6.45, 7) is 2.89.